The van der Waals surface area contributed by atoms with Crippen molar-refractivity contribution in [2.45, 2.75) is 58.5 Å². The number of hydrogen-bond acceptors (Lipinski definition) is 8. The summed E-state index contributed by atoms with van der Waals surface area (Å²) >= 11 is 1.27. The van der Waals surface area contributed by atoms with Gasteiger partial charge in [0.05, 0.1) is 17.7 Å². The molecule has 0 atom stereocenters. The van der Waals surface area contributed by atoms with Crippen LogP contribution in [-0.2, 0) is 19.6 Å². The summed E-state index contributed by atoms with van der Waals surface area (Å²) in [5.41, 5.74) is 0.938. The number of sulfonamides is 1. The summed E-state index contributed by atoms with van der Waals surface area (Å²) in [5, 5.41) is 10.9. The number of nitrogens with two attached hydrogens (primary N) is 1. The lowest BCUT2D eigenvalue weighted by atomic mass is 10.1. The quantitative estimate of drug-likeness (QED) is 0.548. The van der Waals surface area contributed by atoms with E-state index in [9.17, 15) is 18.0 Å². The van der Waals surface area contributed by atoms with Gasteiger partial charge in [-0.05, 0) is 58.4 Å². The largest absolute Gasteiger partial charge is 0.495 e. The number of rotatable bonds is 6. The molecule has 10 nitrogen and oxygen atoms in total. The van der Waals surface area contributed by atoms with Crippen LogP contribution in [0.3, 0.4) is 0 Å². The molecule has 0 unspecified atom stereocenters. The lowest BCUT2D eigenvalue weighted by Crippen LogP contribution is -2.32. The molecule has 0 bridgehead atoms. The Balaban J connectivity index is 0.000000461. The van der Waals surface area contributed by atoms with Gasteiger partial charge >= 0.3 is 6.09 Å². The van der Waals surface area contributed by atoms with Crippen LogP contribution in [0.4, 0.5) is 9.93 Å². The molecule has 1 aromatic heterocycles. The molecule has 0 aliphatic carbocycles. The topological polar surface area (TPSA) is 150 Å². The van der Waals surface area contributed by atoms with Crippen molar-refractivity contribution < 1.29 is 27.5 Å². The smallest absolute Gasteiger partial charge is 0.407 e. The second kappa shape index (κ2) is 12.0. The molecule has 12 heteroatoms. The Kier molecular flexibility index (Phi) is 10.3. The van der Waals surface area contributed by atoms with E-state index >= 15 is 0 Å². The molecule has 0 aliphatic rings. The Morgan fingerprint density at radius 3 is 2.33 bits per heavy atom. The van der Waals surface area contributed by atoms with Crippen LogP contribution in [0, 0.1) is 6.92 Å². The number of alkyl carbamates (subject to hydrolysis) is 1. The molecule has 2 rings (SSSR count). The Morgan fingerprint density at radius 1 is 1.21 bits per heavy atom. The van der Waals surface area contributed by atoms with Crippen molar-refractivity contribution in [3.63, 3.8) is 0 Å². The highest BCUT2D eigenvalue weighted by Gasteiger charge is 2.19. The molecule has 2 amide bonds. The molecule has 0 spiro atoms. The van der Waals surface area contributed by atoms with Crippen molar-refractivity contribution in [1.29, 1.82) is 0 Å². The average molecular weight is 501 g/mol. The van der Waals surface area contributed by atoms with Gasteiger partial charge in [-0.3, -0.25) is 4.79 Å². The Morgan fingerprint density at radius 2 is 1.85 bits per heavy atom. The van der Waals surface area contributed by atoms with Crippen LogP contribution in [0.2, 0.25) is 0 Å². The molecule has 0 saturated heterocycles. The van der Waals surface area contributed by atoms with Gasteiger partial charge in [0.1, 0.15) is 16.2 Å². The first-order chi connectivity index (χ1) is 15.2. The lowest BCUT2D eigenvalue weighted by molar-refractivity contribution is -0.115. The molecular weight excluding hydrogens is 468 g/mol. The number of ether oxygens (including phenoxy) is 2. The second-order valence-corrected chi connectivity index (χ2v) is 10.3. The van der Waals surface area contributed by atoms with Crippen LogP contribution in [0.15, 0.2) is 23.1 Å². The van der Waals surface area contributed by atoms with Crippen molar-refractivity contribution in [3.05, 3.63) is 23.9 Å². The Bertz CT molecular complexity index is 1070. The van der Waals surface area contributed by atoms with Crippen LogP contribution in [-0.4, -0.2) is 44.7 Å². The molecule has 1 aromatic carbocycles. The highest BCUT2D eigenvalue weighted by atomic mass is 32.2. The van der Waals surface area contributed by atoms with E-state index in [-0.39, 0.29) is 28.2 Å². The van der Waals surface area contributed by atoms with Crippen molar-refractivity contribution in [1.82, 2.24) is 10.3 Å². The average Bonchev–Trinajstić information content (AvgIpc) is 3.05. The maximum absolute atomic E-state index is 11.7. The number of carbonyl (C=O) groups is 2. The zero-order valence-corrected chi connectivity index (χ0v) is 21.6. The van der Waals surface area contributed by atoms with E-state index in [2.05, 4.69) is 15.6 Å². The molecule has 0 saturated carbocycles. The molecule has 1 heterocycles. The van der Waals surface area contributed by atoms with Crippen LogP contribution >= 0.6 is 11.3 Å². The number of amides is 2. The van der Waals surface area contributed by atoms with E-state index < -0.39 is 10.0 Å². The molecule has 0 fully saturated rings. The van der Waals surface area contributed by atoms with Gasteiger partial charge in [0.25, 0.3) is 0 Å². The zero-order chi connectivity index (χ0) is 25.4. The number of aryl methyl sites for hydroxylation is 1. The van der Waals surface area contributed by atoms with Crippen molar-refractivity contribution in [2.24, 2.45) is 5.14 Å². The number of nitrogens with zero attached hydrogens (tertiary/aromatic N) is 1. The van der Waals surface area contributed by atoms with Gasteiger partial charge < -0.3 is 20.1 Å². The van der Waals surface area contributed by atoms with E-state index in [4.69, 9.17) is 14.6 Å². The van der Waals surface area contributed by atoms with Gasteiger partial charge in [-0.15, -0.1) is 0 Å². The number of methoxy groups -OCH3 is 1. The number of benzene rings is 1. The van der Waals surface area contributed by atoms with Gasteiger partial charge in [0.2, 0.25) is 15.9 Å². The lowest BCUT2D eigenvalue weighted by Gasteiger charge is -2.19. The summed E-state index contributed by atoms with van der Waals surface area (Å²) in [7, 11) is -2.54. The third-order valence-electron chi connectivity index (χ3n) is 3.82. The fourth-order valence-electron chi connectivity index (χ4n) is 2.42. The summed E-state index contributed by atoms with van der Waals surface area (Å²) in [6, 6.07) is 4.71. The monoisotopic (exact) mass is 500 g/mol. The highest BCUT2D eigenvalue weighted by Crippen LogP contribution is 2.36. The molecule has 2 aromatic rings. The van der Waals surface area contributed by atoms with Crippen molar-refractivity contribution >= 4 is 38.5 Å². The fourth-order valence-corrected chi connectivity index (χ4v) is 4.13. The van der Waals surface area contributed by atoms with Crippen molar-refractivity contribution in [2.75, 3.05) is 19.0 Å². The normalized spacial score (nSPS) is 11.2. The van der Waals surface area contributed by atoms with Crippen LogP contribution in [0.25, 0.3) is 10.4 Å². The van der Waals surface area contributed by atoms with E-state index in [1.807, 2.05) is 27.7 Å². The van der Waals surface area contributed by atoms with Gasteiger partial charge in [-0.2, -0.15) is 0 Å². The predicted octanol–water partition coefficient (Wildman–Crippen LogP) is 3.65. The third-order valence-corrected chi connectivity index (χ3v) is 5.87. The maximum Gasteiger partial charge on any atom is 0.407 e. The first kappa shape index (κ1) is 28.3. The van der Waals surface area contributed by atoms with Gasteiger partial charge in [-0.1, -0.05) is 18.3 Å². The van der Waals surface area contributed by atoms with Crippen LogP contribution < -0.4 is 20.5 Å². The zero-order valence-electron chi connectivity index (χ0n) is 19.9. The summed E-state index contributed by atoms with van der Waals surface area (Å²) in [4.78, 5) is 27.1. The Labute approximate surface area is 198 Å². The van der Waals surface area contributed by atoms with E-state index in [0.29, 0.717) is 29.4 Å². The molecule has 0 radical (unpaired) electrons. The summed E-state index contributed by atoms with van der Waals surface area (Å²) in [6.07, 6.45) is 0.00138. The molecule has 0 aliphatic heterocycles. The van der Waals surface area contributed by atoms with Gasteiger partial charge in [0, 0.05) is 13.0 Å². The fraction of sp³-hybridized carbons (Fsp3) is 0.476. The minimum Gasteiger partial charge on any atom is -0.495 e. The number of primary sulfonamides is 1. The first-order valence-corrected chi connectivity index (χ1v) is 12.5. The maximum atomic E-state index is 11.7. The van der Waals surface area contributed by atoms with Gasteiger partial charge in [-0.25, -0.2) is 23.3 Å². The molecular formula is C21H32N4O6S2. The number of nitrogens with one attached hydrogen (secondary N) is 2. The summed E-state index contributed by atoms with van der Waals surface area (Å²) < 4.78 is 33.4. The number of hydrogen-bond donors (Lipinski definition) is 3. The number of aromatic nitrogens is 1. The SMILES string of the molecule is CCC(=O)Nc1nc(C)c(-c2ccc(OC)c(S(N)(=O)=O)c2)s1.CCNC(=O)OC(C)(C)C. The summed E-state index contributed by atoms with van der Waals surface area (Å²) in [5.74, 6) is 0.0446. The van der Waals surface area contributed by atoms with E-state index in [0.717, 1.165) is 4.88 Å². The third kappa shape index (κ3) is 9.36. The number of carbonyl (C=O) groups excluding carboxylic acids is 2. The standard InChI is InChI=1S/C14H17N3O4S2.C7H15NO2/c1-4-12(18)17-14-16-8(2)13(22-14)9-5-6-10(21-3)11(7-9)23(15,19)20;1-5-8-6(9)10-7(2,3)4/h5-7H,4H2,1-3H3,(H2,15,19,20)(H,16,17,18);5H2,1-4H3,(H,8,9). The van der Waals surface area contributed by atoms with Crippen LogP contribution in [0.5, 0.6) is 5.75 Å². The molecule has 4 N–H and O–H groups in total. The Hall–Kier alpha value is -2.70. The second-order valence-electron chi connectivity index (χ2n) is 7.78. The van der Waals surface area contributed by atoms with Gasteiger partial charge in [0.15, 0.2) is 5.13 Å². The molecule has 184 valence electrons. The summed E-state index contributed by atoms with van der Waals surface area (Å²) in [6.45, 7) is 11.5. The van der Waals surface area contributed by atoms with E-state index in [1.165, 1.54) is 24.5 Å². The highest BCUT2D eigenvalue weighted by molar-refractivity contribution is 7.89. The minimum atomic E-state index is -3.92. The number of anilines is 1. The predicted molar refractivity (Wildman–Crippen MR) is 129 cm³/mol. The van der Waals surface area contributed by atoms with Crippen molar-refractivity contribution in [3.8, 4) is 16.2 Å². The van der Waals surface area contributed by atoms with E-state index in [1.54, 1.807) is 26.0 Å². The first-order valence-electron chi connectivity index (χ1n) is 10.2. The molecule has 33 heavy (non-hydrogen) atoms. The van der Waals surface area contributed by atoms with Crippen LogP contribution in [0.1, 0.15) is 46.7 Å². The number of thiazole rings is 1. The minimum absolute atomic E-state index is 0.0931.